The number of nitrogens with zero attached hydrogens (tertiary/aromatic N) is 6. The molecule has 7 nitrogen and oxygen atoms in total. The molecule has 19 aromatic rings. The Labute approximate surface area is 533 Å². The third kappa shape index (κ3) is 7.57. The average Bonchev–Trinajstić information content (AvgIpc) is 1.57. The van der Waals surface area contributed by atoms with Gasteiger partial charge in [-0.15, -0.1) is 0 Å². The second-order valence-corrected chi connectivity index (χ2v) is 24.0. The number of nitriles is 1. The van der Waals surface area contributed by atoms with Crippen molar-refractivity contribution in [2.24, 2.45) is 0 Å². The number of hydrogen-bond acceptors (Lipinski definition) is 2. The van der Waals surface area contributed by atoms with E-state index in [1.807, 2.05) is 36.4 Å². The molecule has 0 radical (unpaired) electrons. The zero-order chi connectivity index (χ0) is 61.4. The number of furan rings is 1. The van der Waals surface area contributed by atoms with Gasteiger partial charge in [-0.05, 0) is 124 Å². The molecule has 93 heavy (non-hydrogen) atoms. The van der Waals surface area contributed by atoms with Crippen LogP contribution in [0.3, 0.4) is 0 Å². The fourth-order valence-electron chi connectivity index (χ4n) is 15.3. The molecule has 0 aliphatic heterocycles. The lowest BCUT2D eigenvalue weighted by Gasteiger charge is -2.26. The molecule has 0 aliphatic rings. The highest BCUT2D eigenvalue weighted by Crippen LogP contribution is 2.55. The van der Waals surface area contributed by atoms with Gasteiger partial charge >= 0.3 is 0 Å². The quantitative estimate of drug-likeness (QED) is 0.142. The van der Waals surface area contributed by atoms with Crippen molar-refractivity contribution in [1.29, 1.82) is 5.26 Å². The molecule has 0 bridgehead atoms. The van der Waals surface area contributed by atoms with Crippen molar-refractivity contribution in [1.82, 2.24) is 18.3 Å². The fraction of sp³-hybridized carbons (Fsp3) is 0. The molecule has 0 N–H and O–H groups in total. The van der Waals surface area contributed by atoms with E-state index in [4.69, 9.17) is 9.26 Å². The van der Waals surface area contributed by atoms with Crippen LogP contribution in [-0.4, -0.2) is 18.3 Å². The molecule has 0 atom stereocenters. The number of hydrogen-bond donors (Lipinski definition) is 0. The highest BCUT2D eigenvalue weighted by Gasteiger charge is 2.34. The van der Waals surface area contributed by atoms with Crippen molar-refractivity contribution in [3.63, 3.8) is 0 Å². The summed E-state index contributed by atoms with van der Waals surface area (Å²) in [7, 11) is 0. The maximum Gasteiger partial charge on any atom is 0.220 e. The number of aromatic nitrogens is 4. The first kappa shape index (κ1) is 52.0. The molecule has 0 unspecified atom stereocenters. The molecule has 0 aliphatic carbocycles. The Kier molecular flexibility index (Phi) is 11.4. The molecule has 7 heteroatoms. The minimum Gasteiger partial charge on any atom is -0.456 e. The van der Waals surface area contributed by atoms with Gasteiger partial charge in [0.1, 0.15) is 17.2 Å². The molecular weight excluding hydrogens is 1130 g/mol. The highest BCUT2D eigenvalue weighted by atomic mass is 16.3. The van der Waals surface area contributed by atoms with Crippen LogP contribution in [0.4, 0.5) is 5.69 Å². The molecule has 0 spiro atoms. The highest BCUT2D eigenvalue weighted by molar-refractivity contribution is 6.29. The zero-order valence-corrected chi connectivity index (χ0v) is 50.0. The molecule has 5 heterocycles. The van der Waals surface area contributed by atoms with Gasteiger partial charge < -0.3 is 22.7 Å². The lowest BCUT2D eigenvalue weighted by Crippen LogP contribution is -2.09. The second kappa shape index (κ2) is 20.3. The Morgan fingerprint density at radius 2 is 0.710 bits per heavy atom. The van der Waals surface area contributed by atoms with Crippen LogP contribution < -0.4 is 0 Å². The van der Waals surface area contributed by atoms with Crippen LogP contribution in [0.1, 0.15) is 5.56 Å². The Balaban J connectivity index is 1.08. The van der Waals surface area contributed by atoms with Crippen LogP contribution >= 0.6 is 0 Å². The Bertz CT molecular complexity index is 6100. The molecule has 0 saturated carbocycles. The average molecular weight is 1180 g/mol. The Morgan fingerprint density at radius 1 is 0.301 bits per heavy atom. The number of para-hydroxylation sites is 5. The van der Waals surface area contributed by atoms with Crippen molar-refractivity contribution in [3.05, 3.63) is 320 Å². The van der Waals surface area contributed by atoms with Crippen molar-refractivity contribution < 1.29 is 4.42 Å². The maximum atomic E-state index is 12.8. The topological polar surface area (TPSA) is 61.0 Å². The van der Waals surface area contributed by atoms with Crippen LogP contribution in [0, 0.1) is 17.9 Å². The summed E-state index contributed by atoms with van der Waals surface area (Å²) in [6, 6.07) is 110. The van der Waals surface area contributed by atoms with Crippen LogP contribution in [0.2, 0.25) is 0 Å². The maximum absolute atomic E-state index is 12.8. The molecule has 0 amide bonds. The summed E-state index contributed by atoms with van der Waals surface area (Å²) in [4.78, 5) is 4.86. The summed E-state index contributed by atoms with van der Waals surface area (Å²) >= 11 is 0. The fourth-order valence-corrected chi connectivity index (χ4v) is 15.3. The minimum absolute atomic E-state index is 0.342. The third-order valence-corrected chi connectivity index (χ3v) is 19.2. The van der Waals surface area contributed by atoms with Crippen LogP contribution in [0.5, 0.6) is 0 Å². The van der Waals surface area contributed by atoms with E-state index in [2.05, 4.69) is 291 Å². The van der Waals surface area contributed by atoms with Crippen molar-refractivity contribution in [2.45, 2.75) is 0 Å². The van der Waals surface area contributed by atoms with E-state index in [9.17, 15) is 11.8 Å². The van der Waals surface area contributed by atoms with Gasteiger partial charge in [-0.2, -0.15) is 5.26 Å². The predicted octanol–water partition coefficient (Wildman–Crippen LogP) is 23.1. The van der Waals surface area contributed by atoms with E-state index >= 15 is 0 Å². The van der Waals surface area contributed by atoms with Crippen molar-refractivity contribution >= 4 is 115 Å². The van der Waals surface area contributed by atoms with Gasteiger partial charge in [0.25, 0.3) is 0 Å². The molecule has 19 rings (SSSR count). The van der Waals surface area contributed by atoms with Gasteiger partial charge in [-0.1, -0.05) is 212 Å². The van der Waals surface area contributed by atoms with Gasteiger partial charge in [0, 0.05) is 76.4 Å². The van der Waals surface area contributed by atoms with Crippen LogP contribution in [0.25, 0.3) is 181 Å². The lowest BCUT2D eigenvalue weighted by molar-refractivity contribution is 0.669. The zero-order valence-electron chi connectivity index (χ0n) is 50.0. The van der Waals surface area contributed by atoms with Gasteiger partial charge in [0.15, 0.2) is 0 Å². The summed E-state index contributed by atoms with van der Waals surface area (Å²) < 4.78 is 16.1. The Hall–Kier alpha value is -12.9. The van der Waals surface area contributed by atoms with Crippen LogP contribution in [0.15, 0.2) is 308 Å². The molecular formula is C86H50N6O. The third-order valence-electron chi connectivity index (χ3n) is 19.2. The smallest absolute Gasteiger partial charge is 0.220 e. The predicted molar refractivity (Wildman–Crippen MR) is 384 cm³/mol. The van der Waals surface area contributed by atoms with Crippen molar-refractivity contribution in [3.8, 4) is 73.3 Å². The summed E-state index contributed by atoms with van der Waals surface area (Å²) in [6.45, 7) is 10.0. The van der Waals surface area contributed by atoms with E-state index in [1.165, 1.54) is 0 Å². The van der Waals surface area contributed by atoms with Gasteiger partial charge in [-0.3, -0.25) is 0 Å². The first-order chi connectivity index (χ1) is 46.1. The number of rotatable bonds is 8. The van der Waals surface area contributed by atoms with Crippen LogP contribution in [-0.2, 0) is 0 Å². The molecule has 0 fully saturated rings. The normalized spacial score (nSPS) is 11.8. The largest absolute Gasteiger partial charge is 0.456 e. The van der Waals surface area contributed by atoms with E-state index in [1.54, 1.807) is 0 Å². The lowest BCUT2D eigenvalue weighted by atomic mass is 9.88. The standard InChI is InChI=1S/C86H50N6O/c1-88-82-78(58-41-48-77-68(51-58)61-33-19-22-38-76(61)93-77)69(52-87)85(91-72-44-39-56(53-23-7-2-8-24-53)49-66(72)62-42-46-74-80(83(62)91)64-34-17-20-36-70(64)89(74)59-29-13-5-14-30-59)79(55-27-11-4-12-28-55)86(82)92-73-45-40-57(54-25-9-3-10-26-54)50-67(73)63-43-47-75-81(84(63)92)65-35-18-21-37-71(65)90(75)60-31-15-6-16-32-60/h2-51H. The van der Waals surface area contributed by atoms with E-state index in [0.29, 0.717) is 33.8 Å². The summed E-state index contributed by atoms with van der Waals surface area (Å²) in [5, 5.41) is 23.0. The van der Waals surface area contributed by atoms with E-state index in [-0.39, 0.29) is 0 Å². The first-order valence-corrected chi connectivity index (χ1v) is 31.3. The monoisotopic (exact) mass is 1180 g/mol. The second-order valence-electron chi connectivity index (χ2n) is 24.0. The molecule has 0 saturated heterocycles. The summed E-state index contributed by atoms with van der Waals surface area (Å²) in [6.07, 6.45) is 0. The number of fused-ring (bicyclic) bond motifs is 17. The first-order valence-electron chi connectivity index (χ1n) is 31.3. The van der Waals surface area contributed by atoms with Gasteiger partial charge in [-0.25, -0.2) is 4.85 Å². The SMILES string of the molecule is [C-]#[N+]c1c(-c2ccc3oc4ccccc4c3c2)c(C#N)c(-n2c3ccc(-c4ccccc4)cc3c3ccc4c(c5ccccc5n4-c4ccccc4)c32)c(-c2ccccc2)c1-n1c2ccc(-c3ccccc3)cc2c2ccc3c(c4ccccc4n3-c3ccccc3)c21. The molecule has 430 valence electrons. The minimum atomic E-state index is 0.342. The molecule has 5 aromatic heterocycles. The van der Waals surface area contributed by atoms with Gasteiger partial charge in [0.05, 0.1) is 67.6 Å². The van der Waals surface area contributed by atoms with E-state index in [0.717, 1.165) is 154 Å². The summed E-state index contributed by atoms with van der Waals surface area (Å²) in [5.74, 6) is 0. The Morgan fingerprint density at radius 3 is 1.23 bits per heavy atom. The molecule has 14 aromatic carbocycles. The van der Waals surface area contributed by atoms with E-state index < -0.39 is 0 Å². The van der Waals surface area contributed by atoms with Crippen molar-refractivity contribution in [2.75, 3.05) is 0 Å². The number of benzene rings is 14. The van der Waals surface area contributed by atoms with Gasteiger partial charge in [0.2, 0.25) is 5.69 Å². The summed E-state index contributed by atoms with van der Waals surface area (Å²) in [5.41, 5.74) is 20.6.